The summed E-state index contributed by atoms with van der Waals surface area (Å²) in [4.78, 5) is 39.2. The van der Waals surface area contributed by atoms with Crippen molar-refractivity contribution in [2.45, 2.75) is 20.1 Å². The second-order valence-electron chi connectivity index (χ2n) is 9.21. The van der Waals surface area contributed by atoms with Crippen molar-refractivity contribution < 1.29 is 28.2 Å². The van der Waals surface area contributed by atoms with Crippen molar-refractivity contribution >= 4 is 29.6 Å². The second kappa shape index (κ2) is 11.7. The van der Waals surface area contributed by atoms with E-state index in [4.69, 9.17) is 9.47 Å². The smallest absolute Gasteiger partial charge is 0.335 e. The molecule has 1 saturated heterocycles. The van der Waals surface area contributed by atoms with Gasteiger partial charge in [-0.3, -0.25) is 14.9 Å². The van der Waals surface area contributed by atoms with Crippen LogP contribution in [0.4, 0.5) is 14.9 Å². The molecule has 0 bridgehead atoms. The van der Waals surface area contributed by atoms with Crippen molar-refractivity contribution in [1.82, 2.24) is 5.32 Å². The zero-order chi connectivity index (χ0) is 28.1. The highest BCUT2D eigenvalue weighted by atomic mass is 19.1. The first-order valence-corrected chi connectivity index (χ1v) is 12.5. The predicted molar refractivity (Wildman–Crippen MR) is 148 cm³/mol. The molecule has 8 heteroatoms. The van der Waals surface area contributed by atoms with E-state index in [1.807, 2.05) is 31.2 Å². The predicted octanol–water partition coefficient (Wildman–Crippen LogP) is 5.96. The number of ether oxygens (including phenoxy) is 2. The number of aryl methyl sites for hydroxylation is 1. The maximum absolute atomic E-state index is 13.2. The molecule has 0 spiro atoms. The van der Waals surface area contributed by atoms with Gasteiger partial charge in [-0.15, -0.1) is 0 Å². The summed E-state index contributed by atoms with van der Waals surface area (Å²) in [6.45, 7) is 2.65. The number of carbonyl (C=O) groups excluding carboxylic acids is 3. The average molecular weight is 537 g/mol. The van der Waals surface area contributed by atoms with Crippen LogP contribution in [0.2, 0.25) is 0 Å². The van der Waals surface area contributed by atoms with Crippen LogP contribution in [0, 0.1) is 12.7 Å². The third kappa shape index (κ3) is 6.24. The molecule has 200 valence electrons. The number of carbonyl (C=O) groups is 3. The number of imide groups is 2. The summed E-state index contributed by atoms with van der Waals surface area (Å²) in [6.07, 6.45) is 1.42. The van der Waals surface area contributed by atoms with Crippen LogP contribution in [0.15, 0.2) is 103 Å². The fraction of sp³-hybridized carbons (Fsp3) is 0.0938. The average Bonchev–Trinajstić information content (AvgIpc) is 2.96. The fourth-order valence-electron chi connectivity index (χ4n) is 4.01. The molecule has 0 unspecified atom stereocenters. The highest BCUT2D eigenvalue weighted by Gasteiger charge is 2.36. The highest BCUT2D eigenvalue weighted by molar-refractivity contribution is 6.39. The van der Waals surface area contributed by atoms with Gasteiger partial charge in [-0.25, -0.2) is 14.1 Å². The van der Waals surface area contributed by atoms with E-state index in [1.165, 1.54) is 18.2 Å². The van der Waals surface area contributed by atoms with E-state index in [0.717, 1.165) is 21.6 Å². The van der Waals surface area contributed by atoms with Crippen molar-refractivity contribution in [3.63, 3.8) is 0 Å². The van der Waals surface area contributed by atoms with Crippen molar-refractivity contribution in [3.05, 3.63) is 131 Å². The standard InChI is InChI=1S/C32H25FN2O5/c1-21-2-4-23(5-3-21)19-40-28-16-12-26(13-17-28)35-31(37)29(30(36)34-32(35)38)18-22-8-14-27(15-9-22)39-20-24-6-10-25(33)11-7-24/h2-18H,19-20H2,1H3,(H,34,36,38)/b29-18+. The van der Waals surface area contributed by atoms with Gasteiger partial charge in [0.15, 0.2) is 0 Å². The van der Waals surface area contributed by atoms with Gasteiger partial charge in [0.2, 0.25) is 0 Å². The third-order valence-corrected chi connectivity index (χ3v) is 6.23. The Hall–Kier alpha value is -5.24. The molecule has 4 amide bonds. The third-order valence-electron chi connectivity index (χ3n) is 6.23. The van der Waals surface area contributed by atoms with Crippen LogP contribution < -0.4 is 19.7 Å². The monoisotopic (exact) mass is 536 g/mol. The molecular formula is C32H25FN2O5. The van der Waals surface area contributed by atoms with Gasteiger partial charge in [0.1, 0.15) is 36.1 Å². The Labute approximate surface area is 230 Å². The van der Waals surface area contributed by atoms with Gasteiger partial charge in [0.05, 0.1) is 5.69 Å². The molecule has 1 fully saturated rings. The highest BCUT2D eigenvalue weighted by Crippen LogP contribution is 2.25. The first-order chi connectivity index (χ1) is 19.4. The van der Waals surface area contributed by atoms with Gasteiger partial charge in [-0.1, -0.05) is 54.1 Å². The van der Waals surface area contributed by atoms with Crippen LogP contribution >= 0.6 is 0 Å². The Kier molecular flexibility index (Phi) is 7.68. The summed E-state index contributed by atoms with van der Waals surface area (Å²) in [5.41, 5.74) is 3.68. The van der Waals surface area contributed by atoms with Gasteiger partial charge in [-0.2, -0.15) is 0 Å². The van der Waals surface area contributed by atoms with E-state index < -0.39 is 17.8 Å². The van der Waals surface area contributed by atoms with Gasteiger partial charge < -0.3 is 9.47 Å². The van der Waals surface area contributed by atoms with Crippen LogP contribution in [0.5, 0.6) is 11.5 Å². The number of anilines is 1. The lowest BCUT2D eigenvalue weighted by Gasteiger charge is -2.26. The maximum Gasteiger partial charge on any atom is 0.335 e. The molecule has 1 heterocycles. The van der Waals surface area contributed by atoms with E-state index in [-0.39, 0.29) is 18.0 Å². The summed E-state index contributed by atoms with van der Waals surface area (Å²) in [5.74, 6) is -0.697. The summed E-state index contributed by atoms with van der Waals surface area (Å²) in [5, 5.41) is 2.22. The number of halogens is 1. The maximum atomic E-state index is 13.2. The molecule has 0 aromatic heterocycles. The Morgan fingerprint density at radius 3 is 1.82 bits per heavy atom. The first kappa shape index (κ1) is 26.4. The van der Waals surface area contributed by atoms with E-state index in [0.29, 0.717) is 29.4 Å². The molecule has 7 nitrogen and oxygen atoms in total. The summed E-state index contributed by atoms with van der Waals surface area (Å²) < 4.78 is 24.6. The van der Waals surface area contributed by atoms with E-state index in [1.54, 1.807) is 60.7 Å². The van der Waals surface area contributed by atoms with Gasteiger partial charge >= 0.3 is 6.03 Å². The number of nitrogens with zero attached hydrogens (tertiary/aromatic N) is 1. The van der Waals surface area contributed by atoms with Gasteiger partial charge in [-0.05, 0) is 78.2 Å². The second-order valence-corrected chi connectivity index (χ2v) is 9.21. The Balaban J connectivity index is 1.25. The number of nitrogens with one attached hydrogen (secondary N) is 1. The molecule has 1 aliphatic heterocycles. The SMILES string of the molecule is Cc1ccc(COc2ccc(N3C(=O)NC(=O)/C(=C\c4ccc(OCc5ccc(F)cc5)cc4)C3=O)cc2)cc1. The quantitative estimate of drug-likeness (QED) is 0.222. The number of hydrogen-bond donors (Lipinski definition) is 1. The zero-order valence-corrected chi connectivity index (χ0v) is 21.6. The largest absolute Gasteiger partial charge is 0.489 e. The van der Waals surface area contributed by atoms with Crippen molar-refractivity contribution in [2.24, 2.45) is 0 Å². The number of urea groups is 1. The number of rotatable bonds is 8. The number of barbiturate groups is 1. The van der Waals surface area contributed by atoms with Crippen molar-refractivity contribution in [3.8, 4) is 11.5 Å². The molecule has 4 aromatic carbocycles. The van der Waals surface area contributed by atoms with Crippen LogP contribution in [-0.4, -0.2) is 17.8 Å². The molecule has 0 radical (unpaired) electrons. The zero-order valence-electron chi connectivity index (χ0n) is 21.6. The first-order valence-electron chi connectivity index (χ1n) is 12.5. The molecule has 5 rings (SSSR count). The molecule has 40 heavy (non-hydrogen) atoms. The van der Waals surface area contributed by atoms with Gasteiger partial charge in [0, 0.05) is 0 Å². The molecule has 0 saturated carbocycles. The van der Waals surface area contributed by atoms with Crippen LogP contribution in [0.1, 0.15) is 22.3 Å². The van der Waals surface area contributed by atoms with Gasteiger partial charge in [0.25, 0.3) is 11.8 Å². The van der Waals surface area contributed by atoms with Crippen molar-refractivity contribution in [1.29, 1.82) is 0 Å². The molecular weight excluding hydrogens is 511 g/mol. The lowest BCUT2D eigenvalue weighted by molar-refractivity contribution is -0.122. The van der Waals surface area contributed by atoms with Crippen molar-refractivity contribution in [2.75, 3.05) is 4.90 Å². The summed E-state index contributed by atoms with van der Waals surface area (Å²) in [6, 6.07) is 26.4. The van der Waals surface area contributed by atoms with E-state index >= 15 is 0 Å². The Bertz CT molecular complexity index is 1560. The number of hydrogen-bond acceptors (Lipinski definition) is 5. The fourth-order valence-corrected chi connectivity index (χ4v) is 4.01. The minimum Gasteiger partial charge on any atom is -0.489 e. The molecule has 1 aliphatic rings. The van der Waals surface area contributed by atoms with E-state index in [2.05, 4.69) is 5.32 Å². The summed E-state index contributed by atoms with van der Waals surface area (Å²) >= 11 is 0. The number of benzene rings is 4. The molecule has 4 aromatic rings. The van der Waals surface area contributed by atoms with E-state index in [9.17, 15) is 18.8 Å². The van der Waals surface area contributed by atoms with Crippen LogP contribution in [-0.2, 0) is 22.8 Å². The van der Waals surface area contributed by atoms with Crippen LogP contribution in [0.3, 0.4) is 0 Å². The topological polar surface area (TPSA) is 84.9 Å². The molecule has 0 aliphatic carbocycles. The Morgan fingerprint density at radius 1 is 0.725 bits per heavy atom. The Morgan fingerprint density at radius 2 is 1.25 bits per heavy atom. The molecule has 1 N–H and O–H groups in total. The lowest BCUT2D eigenvalue weighted by atomic mass is 10.1. The minimum absolute atomic E-state index is 0.181. The minimum atomic E-state index is -0.829. The number of amides is 4. The lowest BCUT2D eigenvalue weighted by Crippen LogP contribution is -2.54. The molecule has 0 atom stereocenters. The summed E-state index contributed by atoms with van der Waals surface area (Å²) in [7, 11) is 0. The normalized spacial score (nSPS) is 14.3. The van der Waals surface area contributed by atoms with Crippen LogP contribution in [0.25, 0.3) is 6.08 Å².